The molecule has 4 aromatic rings. The van der Waals surface area contributed by atoms with Gasteiger partial charge < -0.3 is 5.11 Å². The van der Waals surface area contributed by atoms with E-state index in [4.69, 9.17) is 0 Å². The molecule has 0 saturated carbocycles. The molecule has 0 fully saturated rings. The second-order valence-electron chi connectivity index (χ2n) is 7.11. The fourth-order valence-corrected chi connectivity index (χ4v) is 4.14. The molecule has 158 valence electrons. The van der Waals surface area contributed by atoms with E-state index >= 15 is 0 Å². The van der Waals surface area contributed by atoms with Crippen molar-refractivity contribution in [2.45, 2.75) is 18.3 Å². The van der Waals surface area contributed by atoms with Crippen LogP contribution in [0.5, 0.6) is 0 Å². The van der Waals surface area contributed by atoms with Crippen molar-refractivity contribution >= 4 is 28.7 Å². The molecule has 0 saturated heterocycles. The molecule has 0 bridgehead atoms. The highest BCUT2D eigenvalue weighted by molar-refractivity contribution is 7.00. The first-order chi connectivity index (χ1) is 14.8. The summed E-state index contributed by atoms with van der Waals surface area (Å²) in [6.45, 7) is 0. The van der Waals surface area contributed by atoms with E-state index in [9.17, 15) is 27.5 Å². The van der Waals surface area contributed by atoms with Gasteiger partial charge in [0, 0.05) is 11.1 Å². The largest absolute Gasteiger partial charge is 0.481 e. The molecule has 1 heterocycles. The number of fused-ring (bicyclic) bond motifs is 1. The predicted molar refractivity (Wildman–Crippen MR) is 107 cm³/mol. The summed E-state index contributed by atoms with van der Waals surface area (Å²) < 4.78 is 66.0. The van der Waals surface area contributed by atoms with Crippen molar-refractivity contribution in [3.05, 3.63) is 94.6 Å². The second kappa shape index (κ2) is 8.07. The molecule has 0 radical (unpaired) electrons. The van der Waals surface area contributed by atoms with Crippen molar-refractivity contribution in [1.29, 1.82) is 0 Å². The highest BCUT2D eigenvalue weighted by Crippen LogP contribution is 2.37. The Bertz CT molecular complexity index is 1200. The van der Waals surface area contributed by atoms with E-state index in [0.29, 0.717) is 11.0 Å². The van der Waals surface area contributed by atoms with Crippen LogP contribution in [0.15, 0.2) is 54.6 Å². The molecule has 0 spiro atoms. The molecule has 3 aromatic carbocycles. The van der Waals surface area contributed by atoms with Gasteiger partial charge in [-0.05, 0) is 54.8 Å². The number of hydrogen-bond acceptors (Lipinski definition) is 4. The molecule has 31 heavy (non-hydrogen) atoms. The minimum absolute atomic E-state index is 0.102. The van der Waals surface area contributed by atoms with E-state index in [1.807, 2.05) is 0 Å². The Morgan fingerprint density at radius 2 is 1.29 bits per heavy atom. The minimum atomic E-state index is -2.08. The zero-order chi connectivity index (χ0) is 22.2. The number of carbonyl (C=O) groups is 1. The molecule has 4 nitrogen and oxygen atoms in total. The maximum atomic E-state index is 14.5. The van der Waals surface area contributed by atoms with Crippen LogP contribution in [0.3, 0.4) is 0 Å². The van der Waals surface area contributed by atoms with E-state index in [0.717, 1.165) is 48.1 Å². The van der Waals surface area contributed by atoms with Crippen molar-refractivity contribution in [2.24, 2.45) is 0 Å². The van der Waals surface area contributed by atoms with Gasteiger partial charge in [0.25, 0.3) is 0 Å². The maximum absolute atomic E-state index is 14.5. The average molecular weight is 446 g/mol. The predicted octanol–water partition coefficient (Wildman–Crippen LogP) is 5.06. The SMILES string of the molecule is O=C(O)C(Cc1c(F)cccc1F)(Cc1c(F)cccc1F)c1ccc2nsnc2c1. The third-order valence-electron chi connectivity index (χ3n) is 5.30. The zero-order valence-corrected chi connectivity index (χ0v) is 16.6. The molecule has 0 aliphatic heterocycles. The Morgan fingerprint density at radius 3 is 1.77 bits per heavy atom. The summed E-state index contributed by atoms with van der Waals surface area (Å²) in [4.78, 5) is 12.6. The van der Waals surface area contributed by atoms with Crippen molar-refractivity contribution in [2.75, 3.05) is 0 Å². The van der Waals surface area contributed by atoms with Gasteiger partial charge in [-0.3, -0.25) is 4.79 Å². The van der Waals surface area contributed by atoms with Crippen LogP contribution in [0.2, 0.25) is 0 Å². The molecule has 0 atom stereocenters. The Balaban J connectivity index is 1.96. The zero-order valence-electron chi connectivity index (χ0n) is 15.8. The van der Waals surface area contributed by atoms with Crippen LogP contribution in [0.4, 0.5) is 17.6 Å². The third-order valence-corrected chi connectivity index (χ3v) is 5.85. The highest BCUT2D eigenvalue weighted by Gasteiger charge is 2.43. The number of aliphatic carboxylic acids is 1. The van der Waals surface area contributed by atoms with E-state index < -0.39 is 58.6 Å². The van der Waals surface area contributed by atoms with Gasteiger partial charge in [0.05, 0.1) is 11.7 Å². The standard InChI is InChI=1S/C22H14F4N2O2S/c23-15-3-1-4-16(24)13(15)10-22(21(29)30,11-14-17(25)5-2-6-18(14)26)12-7-8-19-20(9-12)28-31-27-19/h1-9H,10-11H2,(H,29,30). The van der Waals surface area contributed by atoms with Gasteiger partial charge >= 0.3 is 5.97 Å². The van der Waals surface area contributed by atoms with Gasteiger partial charge in [-0.25, -0.2) is 17.6 Å². The van der Waals surface area contributed by atoms with Crippen LogP contribution in [0.25, 0.3) is 11.0 Å². The summed E-state index contributed by atoms with van der Waals surface area (Å²) >= 11 is 0.911. The lowest BCUT2D eigenvalue weighted by Gasteiger charge is -2.31. The molecule has 9 heteroatoms. The van der Waals surface area contributed by atoms with E-state index in [2.05, 4.69) is 8.75 Å². The Labute approximate surface area is 178 Å². The molecule has 0 amide bonds. The average Bonchev–Trinajstić information content (AvgIpc) is 3.20. The summed E-state index contributed by atoms with van der Waals surface area (Å²) in [5.74, 6) is -5.28. The third kappa shape index (κ3) is 3.76. The molecule has 0 unspecified atom stereocenters. The van der Waals surface area contributed by atoms with Crippen molar-refractivity contribution < 1.29 is 27.5 Å². The van der Waals surface area contributed by atoms with Crippen LogP contribution in [0.1, 0.15) is 16.7 Å². The summed E-state index contributed by atoms with van der Waals surface area (Å²) in [5.41, 5.74) is -2.08. The van der Waals surface area contributed by atoms with Crippen molar-refractivity contribution in [3.63, 3.8) is 0 Å². The van der Waals surface area contributed by atoms with Crippen LogP contribution in [-0.2, 0) is 23.1 Å². The van der Waals surface area contributed by atoms with E-state index in [-0.39, 0.29) is 5.56 Å². The number of hydrogen-bond donors (Lipinski definition) is 1. The summed E-state index contributed by atoms with van der Waals surface area (Å²) in [7, 11) is 0. The lowest BCUT2D eigenvalue weighted by Crippen LogP contribution is -2.41. The van der Waals surface area contributed by atoms with Crippen molar-refractivity contribution in [3.8, 4) is 0 Å². The van der Waals surface area contributed by atoms with E-state index in [1.54, 1.807) is 0 Å². The summed E-state index contributed by atoms with van der Waals surface area (Å²) in [6.07, 6.45) is -1.34. The summed E-state index contributed by atoms with van der Waals surface area (Å²) in [6, 6.07) is 10.7. The number of carboxylic acid groups (broad SMARTS) is 1. The van der Waals surface area contributed by atoms with Crippen molar-refractivity contribution in [1.82, 2.24) is 8.75 Å². The Morgan fingerprint density at radius 1 is 0.806 bits per heavy atom. The first kappa shape index (κ1) is 20.9. The maximum Gasteiger partial charge on any atom is 0.314 e. The highest BCUT2D eigenvalue weighted by atomic mass is 32.1. The van der Waals surface area contributed by atoms with Crippen LogP contribution < -0.4 is 0 Å². The number of benzene rings is 3. The van der Waals surface area contributed by atoms with Gasteiger partial charge in [0.15, 0.2) is 0 Å². The molecular weight excluding hydrogens is 432 g/mol. The van der Waals surface area contributed by atoms with Gasteiger partial charge in [-0.1, -0.05) is 18.2 Å². The minimum Gasteiger partial charge on any atom is -0.481 e. The molecule has 4 rings (SSSR count). The molecule has 1 aromatic heterocycles. The normalized spacial score (nSPS) is 11.7. The first-order valence-corrected chi connectivity index (χ1v) is 9.87. The molecule has 1 N–H and O–H groups in total. The monoisotopic (exact) mass is 446 g/mol. The first-order valence-electron chi connectivity index (χ1n) is 9.14. The number of aromatic nitrogens is 2. The Hall–Kier alpha value is -3.33. The van der Waals surface area contributed by atoms with Gasteiger partial charge in [-0.2, -0.15) is 8.75 Å². The van der Waals surface area contributed by atoms with Gasteiger partial charge in [-0.15, -0.1) is 0 Å². The number of halogens is 4. The number of rotatable bonds is 6. The lowest BCUT2D eigenvalue weighted by molar-refractivity contribution is -0.144. The smallest absolute Gasteiger partial charge is 0.314 e. The Kier molecular flexibility index (Phi) is 5.45. The van der Waals surface area contributed by atoms with Crippen LogP contribution in [0, 0.1) is 23.3 Å². The fraction of sp³-hybridized carbons (Fsp3) is 0.136. The summed E-state index contributed by atoms with van der Waals surface area (Å²) in [5, 5.41) is 10.3. The van der Waals surface area contributed by atoms with Crippen LogP contribution in [-0.4, -0.2) is 19.8 Å². The van der Waals surface area contributed by atoms with Crippen LogP contribution >= 0.6 is 11.7 Å². The molecule has 0 aliphatic carbocycles. The topological polar surface area (TPSA) is 63.1 Å². The number of nitrogens with zero attached hydrogens (tertiary/aromatic N) is 2. The lowest BCUT2D eigenvalue weighted by atomic mass is 9.71. The van der Waals surface area contributed by atoms with E-state index in [1.165, 1.54) is 18.2 Å². The van der Waals surface area contributed by atoms with Gasteiger partial charge in [0.2, 0.25) is 0 Å². The quantitative estimate of drug-likeness (QED) is 0.421. The fourth-order valence-electron chi connectivity index (χ4n) is 3.63. The molecule has 0 aliphatic rings. The second-order valence-corrected chi connectivity index (χ2v) is 7.64. The van der Waals surface area contributed by atoms with Gasteiger partial charge in [0.1, 0.15) is 39.7 Å². The number of carboxylic acids is 1. The molecular formula is C22H14F4N2O2S.